The fourth-order valence-corrected chi connectivity index (χ4v) is 3.72. The SMILES string of the molecule is CC(=O)Nc1cccc2c1CCN(c1ccc([N+](=O)[O-])c3cnccc13)C2. The summed E-state index contributed by atoms with van der Waals surface area (Å²) in [5.74, 6) is -0.0836. The molecule has 0 saturated carbocycles. The van der Waals surface area contributed by atoms with Crippen LogP contribution in [0.5, 0.6) is 0 Å². The molecule has 3 aromatic rings. The molecule has 0 saturated heterocycles. The highest BCUT2D eigenvalue weighted by Crippen LogP contribution is 2.36. The zero-order chi connectivity index (χ0) is 19.0. The van der Waals surface area contributed by atoms with Gasteiger partial charge in [-0.25, -0.2) is 0 Å². The van der Waals surface area contributed by atoms with Crippen LogP contribution in [-0.4, -0.2) is 22.4 Å². The van der Waals surface area contributed by atoms with Gasteiger partial charge in [0.1, 0.15) is 0 Å². The van der Waals surface area contributed by atoms with Crippen LogP contribution in [0.3, 0.4) is 0 Å². The minimum atomic E-state index is -0.376. The Kier molecular flexibility index (Phi) is 4.19. The van der Waals surface area contributed by atoms with Gasteiger partial charge in [0.2, 0.25) is 5.91 Å². The zero-order valence-corrected chi connectivity index (χ0v) is 14.8. The molecule has 1 aromatic heterocycles. The second-order valence-corrected chi connectivity index (χ2v) is 6.58. The lowest BCUT2D eigenvalue weighted by Crippen LogP contribution is -2.31. The van der Waals surface area contributed by atoms with Crippen molar-refractivity contribution in [3.05, 3.63) is 70.0 Å². The standard InChI is InChI=1S/C20H18N4O3/c1-13(25)22-18-4-2-3-14-12-23(10-8-15(14)18)19-5-6-20(24(26)27)17-11-21-9-7-16(17)19/h2-7,9,11H,8,10,12H2,1H3,(H,22,25). The smallest absolute Gasteiger partial charge is 0.278 e. The van der Waals surface area contributed by atoms with Gasteiger partial charge in [-0.2, -0.15) is 0 Å². The number of nitrogens with one attached hydrogen (secondary N) is 1. The van der Waals surface area contributed by atoms with Crippen molar-refractivity contribution in [3.63, 3.8) is 0 Å². The molecule has 0 bridgehead atoms. The number of nitrogens with zero attached hydrogens (tertiary/aromatic N) is 3. The molecule has 2 aromatic carbocycles. The van der Waals surface area contributed by atoms with Crippen molar-refractivity contribution in [2.75, 3.05) is 16.8 Å². The van der Waals surface area contributed by atoms with Crippen molar-refractivity contribution >= 4 is 33.7 Å². The van der Waals surface area contributed by atoms with Gasteiger partial charge in [0.25, 0.3) is 5.69 Å². The number of hydrogen-bond donors (Lipinski definition) is 1. The molecule has 0 aliphatic carbocycles. The van der Waals surface area contributed by atoms with Crippen molar-refractivity contribution in [1.29, 1.82) is 0 Å². The summed E-state index contributed by atoms with van der Waals surface area (Å²) < 4.78 is 0. The topological polar surface area (TPSA) is 88.4 Å². The summed E-state index contributed by atoms with van der Waals surface area (Å²) >= 11 is 0. The molecule has 4 rings (SSSR count). The first-order chi connectivity index (χ1) is 13.0. The van der Waals surface area contributed by atoms with Gasteiger partial charge in [-0.05, 0) is 35.7 Å². The Labute approximate surface area is 155 Å². The monoisotopic (exact) mass is 362 g/mol. The van der Waals surface area contributed by atoms with E-state index in [0.29, 0.717) is 11.9 Å². The second kappa shape index (κ2) is 6.68. The number of rotatable bonds is 3. The van der Waals surface area contributed by atoms with Crippen molar-refractivity contribution in [3.8, 4) is 0 Å². The number of non-ortho nitro benzene ring substituents is 1. The molecule has 136 valence electrons. The highest BCUT2D eigenvalue weighted by Gasteiger charge is 2.23. The number of nitro groups is 1. The molecule has 27 heavy (non-hydrogen) atoms. The Bertz CT molecular complexity index is 1060. The number of benzene rings is 2. The van der Waals surface area contributed by atoms with E-state index in [4.69, 9.17) is 0 Å². The molecule has 1 aliphatic rings. The maximum absolute atomic E-state index is 11.4. The molecule has 1 aliphatic heterocycles. The van der Waals surface area contributed by atoms with Crippen LogP contribution in [0.1, 0.15) is 18.1 Å². The molecule has 1 N–H and O–H groups in total. The van der Waals surface area contributed by atoms with Crippen LogP contribution in [0.4, 0.5) is 17.1 Å². The molecular formula is C20H18N4O3. The maximum Gasteiger partial charge on any atom is 0.278 e. The van der Waals surface area contributed by atoms with Gasteiger partial charge in [0.05, 0.1) is 10.3 Å². The largest absolute Gasteiger partial charge is 0.366 e. The van der Waals surface area contributed by atoms with Gasteiger partial charge in [-0.15, -0.1) is 0 Å². The number of carbonyl (C=O) groups excluding carboxylic acids is 1. The van der Waals surface area contributed by atoms with Crippen LogP contribution in [0, 0.1) is 10.1 Å². The maximum atomic E-state index is 11.4. The Morgan fingerprint density at radius 3 is 2.85 bits per heavy atom. The predicted molar refractivity (Wildman–Crippen MR) is 104 cm³/mol. The minimum absolute atomic E-state index is 0.0622. The summed E-state index contributed by atoms with van der Waals surface area (Å²) in [5.41, 5.74) is 4.17. The quantitative estimate of drug-likeness (QED) is 0.567. The number of hydrogen-bond acceptors (Lipinski definition) is 5. The fraction of sp³-hybridized carbons (Fsp3) is 0.200. The van der Waals surface area contributed by atoms with Crippen molar-refractivity contribution in [2.24, 2.45) is 0 Å². The Morgan fingerprint density at radius 1 is 1.22 bits per heavy atom. The molecule has 0 spiro atoms. The van der Waals surface area contributed by atoms with E-state index >= 15 is 0 Å². The number of amides is 1. The van der Waals surface area contributed by atoms with Crippen molar-refractivity contribution < 1.29 is 9.72 Å². The number of fused-ring (bicyclic) bond motifs is 2. The number of pyridine rings is 1. The van der Waals surface area contributed by atoms with Gasteiger partial charge in [-0.3, -0.25) is 19.9 Å². The van der Waals surface area contributed by atoms with Crippen molar-refractivity contribution in [2.45, 2.75) is 19.9 Å². The predicted octanol–water partition coefficient (Wildman–Crippen LogP) is 3.66. The molecule has 7 heteroatoms. The van der Waals surface area contributed by atoms with Crippen LogP contribution in [-0.2, 0) is 17.8 Å². The van der Waals surface area contributed by atoms with E-state index in [0.717, 1.165) is 40.9 Å². The summed E-state index contributed by atoms with van der Waals surface area (Å²) in [6, 6.07) is 11.1. The molecule has 1 amide bonds. The first-order valence-electron chi connectivity index (χ1n) is 8.69. The van der Waals surface area contributed by atoms with Crippen molar-refractivity contribution in [1.82, 2.24) is 4.98 Å². The third-order valence-electron chi connectivity index (χ3n) is 4.89. The third-order valence-corrected chi connectivity index (χ3v) is 4.89. The number of anilines is 2. The van der Waals surface area contributed by atoms with E-state index in [2.05, 4.69) is 21.3 Å². The van der Waals surface area contributed by atoms with E-state index in [1.165, 1.54) is 6.92 Å². The number of aromatic nitrogens is 1. The van der Waals surface area contributed by atoms with Gasteiger partial charge in [-0.1, -0.05) is 12.1 Å². The van der Waals surface area contributed by atoms with E-state index in [-0.39, 0.29) is 16.5 Å². The van der Waals surface area contributed by atoms with E-state index < -0.39 is 0 Å². The Morgan fingerprint density at radius 2 is 2.07 bits per heavy atom. The lowest BCUT2D eigenvalue weighted by Gasteiger charge is -2.32. The zero-order valence-electron chi connectivity index (χ0n) is 14.8. The first-order valence-corrected chi connectivity index (χ1v) is 8.69. The Hall–Kier alpha value is -3.48. The first kappa shape index (κ1) is 17.0. The van der Waals surface area contributed by atoms with Gasteiger partial charge in [0.15, 0.2) is 0 Å². The Balaban J connectivity index is 1.74. The summed E-state index contributed by atoms with van der Waals surface area (Å²) in [4.78, 5) is 28.6. The average molecular weight is 362 g/mol. The third kappa shape index (κ3) is 3.08. The molecule has 2 heterocycles. The van der Waals surface area contributed by atoms with E-state index in [9.17, 15) is 14.9 Å². The highest BCUT2D eigenvalue weighted by molar-refractivity contribution is 5.99. The molecule has 0 fully saturated rings. The van der Waals surface area contributed by atoms with Crippen LogP contribution >= 0.6 is 0 Å². The molecule has 0 atom stereocenters. The second-order valence-electron chi connectivity index (χ2n) is 6.58. The lowest BCUT2D eigenvalue weighted by molar-refractivity contribution is -0.383. The molecule has 0 radical (unpaired) electrons. The summed E-state index contributed by atoms with van der Waals surface area (Å²) in [6.45, 7) is 2.95. The number of nitro benzene ring substituents is 1. The minimum Gasteiger partial charge on any atom is -0.366 e. The fourth-order valence-electron chi connectivity index (χ4n) is 3.72. The van der Waals surface area contributed by atoms with Gasteiger partial charge in [0, 0.05) is 55.2 Å². The highest BCUT2D eigenvalue weighted by atomic mass is 16.6. The van der Waals surface area contributed by atoms with Crippen LogP contribution in [0.2, 0.25) is 0 Å². The summed E-state index contributed by atoms with van der Waals surface area (Å²) in [7, 11) is 0. The van der Waals surface area contributed by atoms with Crippen LogP contribution < -0.4 is 10.2 Å². The summed E-state index contributed by atoms with van der Waals surface area (Å²) in [5, 5.41) is 15.6. The van der Waals surface area contributed by atoms with Crippen LogP contribution in [0.25, 0.3) is 10.8 Å². The van der Waals surface area contributed by atoms with E-state index in [1.54, 1.807) is 18.5 Å². The average Bonchev–Trinajstić information content (AvgIpc) is 2.66. The van der Waals surface area contributed by atoms with Gasteiger partial charge >= 0.3 is 0 Å². The normalized spacial score (nSPS) is 13.3. The molecule has 7 nitrogen and oxygen atoms in total. The van der Waals surface area contributed by atoms with Crippen LogP contribution in [0.15, 0.2) is 48.8 Å². The molecule has 0 unspecified atom stereocenters. The molecular weight excluding hydrogens is 344 g/mol. The van der Waals surface area contributed by atoms with E-state index in [1.807, 2.05) is 24.3 Å². The number of carbonyl (C=O) groups is 1. The lowest BCUT2D eigenvalue weighted by atomic mass is 9.96. The summed E-state index contributed by atoms with van der Waals surface area (Å²) in [6.07, 6.45) is 3.99. The van der Waals surface area contributed by atoms with Gasteiger partial charge < -0.3 is 10.2 Å².